The van der Waals surface area contributed by atoms with Gasteiger partial charge in [-0.2, -0.15) is 4.80 Å². The summed E-state index contributed by atoms with van der Waals surface area (Å²) in [5.74, 6) is -0.650. The second-order valence-electron chi connectivity index (χ2n) is 4.55. The van der Waals surface area contributed by atoms with E-state index in [1.165, 1.54) is 11.3 Å². The minimum atomic E-state index is -1.02. The lowest BCUT2D eigenvalue weighted by atomic mass is 10.2. The molecule has 0 fully saturated rings. The fourth-order valence-electron chi connectivity index (χ4n) is 1.87. The van der Waals surface area contributed by atoms with E-state index in [0.29, 0.717) is 16.8 Å². The number of carboxylic acid groups (broad SMARTS) is 1. The Kier molecular flexibility index (Phi) is 4.49. The van der Waals surface area contributed by atoms with Gasteiger partial charge in [-0.1, -0.05) is 23.7 Å². The maximum atomic E-state index is 10.6. The van der Waals surface area contributed by atoms with Crippen molar-refractivity contribution in [2.45, 2.75) is 13.1 Å². The normalized spacial score (nSPS) is 10.7. The average Bonchev–Trinajstić information content (AvgIpc) is 3.14. The molecule has 10 heteroatoms. The molecule has 0 spiro atoms. The average molecular weight is 351 g/mol. The molecule has 2 heterocycles. The van der Waals surface area contributed by atoms with Gasteiger partial charge in [0, 0.05) is 22.3 Å². The largest absolute Gasteiger partial charge is 0.480 e. The van der Waals surface area contributed by atoms with Crippen LogP contribution >= 0.6 is 22.9 Å². The molecule has 0 bridgehead atoms. The van der Waals surface area contributed by atoms with Crippen molar-refractivity contribution in [2.75, 3.05) is 5.32 Å². The van der Waals surface area contributed by atoms with Crippen LogP contribution in [-0.2, 0) is 17.9 Å². The van der Waals surface area contributed by atoms with Crippen molar-refractivity contribution in [3.8, 4) is 11.4 Å². The Morgan fingerprint density at radius 3 is 3.04 bits per heavy atom. The van der Waals surface area contributed by atoms with Crippen molar-refractivity contribution in [3.05, 3.63) is 39.8 Å². The monoisotopic (exact) mass is 350 g/mol. The third-order valence-corrected chi connectivity index (χ3v) is 3.96. The van der Waals surface area contributed by atoms with Crippen LogP contribution in [-0.4, -0.2) is 36.3 Å². The highest BCUT2D eigenvalue weighted by Crippen LogP contribution is 2.21. The van der Waals surface area contributed by atoms with Crippen LogP contribution in [0.1, 0.15) is 4.88 Å². The summed E-state index contributed by atoms with van der Waals surface area (Å²) in [4.78, 5) is 16.7. The third kappa shape index (κ3) is 4.02. The van der Waals surface area contributed by atoms with Crippen LogP contribution in [0.3, 0.4) is 0 Å². The molecule has 2 N–H and O–H groups in total. The summed E-state index contributed by atoms with van der Waals surface area (Å²) in [6, 6.07) is 7.46. The number of carbonyl (C=O) groups is 1. The lowest BCUT2D eigenvalue weighted by Crippen LogP contribution is -2.11. The van der Waals surface area contributed by atoms with Gasteiger partial charge in [0.1, 0.15) is 0 Å². The number of aliphatic carboxylic acids is 1. The zero-order chi connectivity index (χ0) is 16.2. The number of anilines is 1. The van der Waals surface area contributed by atoms with Gasteiger partial charge in [0.2, 0.25) is 5.82 Å². The summed E-state index contributed by atoms with van der Waals surface area (Å²) in [6.45, 7) is 0.282. The number of hydrogen-bond acceptors (Lipinski definition) is 7. The molecule has 118 valence electrons. The number of nitrogens with zero attached hydrogens (tertiary/aromatic N) is 5. The van der Waals surface area contributed by atoms with Crippen LogP contribution in [0.15, 0.2) is 30.5 Å². The fourth-order valence-corrected chi connectivity index (χ4v) is 2.79. The van der Waals surface area contributed by atoms with E-state index in [1.807, 2.05) is 24.3 Å². The Bertz CT molecular complexity index is 833. The van der Waals surface area contributed by atoms with Crippen LogP contribution in [0.25, 0.3) is 11.4 Å². The number of hydrogen-bond donors (Lipinski definition) is 2. The summed E-state index contributed by atoms with van der Waals surface area (Å²) < 4.78 is 0.509. The molecule has 2 aromatic heterocycles. The van der Waals surface area contributed by atoms with Crippen molar-refractivity contribution < 1.29 is 9.90 Å². The van der Waals surface area contributed by atoms with Crippen molar-refractivity contribution in [1.29, 1.82) is 0 Å². The molecule has 0 saturated heterocycles. The number of tetrazole rings is 1. The molecule has 0 aliphatic heterocycles. The molecule has 0 saturated carbocycles. The van der Waals surface area contributed by atoms with Gasteiger partial charge in [0.15, 0.2) is 11.0 Å². The molecule has 0 aliphatic rings. The van der Waals surface area contributed by atoms with E-state index in [-0.39, 0.29) is 6.54 Å². The lowest BCUT2D eigenvalue weighted by molar-refractivity contribution is -0.138. The summed E-state index contributed by atoms with van der Waals surface area (Å²) in [5, 5.41) is 23.6. The van der Waals surface area contributed by atoms with E-state index >= 15 is 0 Å². The second kappa shape index (κ2) is 6.71. The van der Waals surface area contributed by atoms with Gasteiger partial charge in [-0.15, -0.1) is 21.5 Å². The Balaban J connectivity index is 1.71. The molecule has 23 heavy (non-hydrogen) atoms. The molecule has 8 nitrogen and oxygen atoms in total. The van der Waals surface area contributed by atoms with Gasteiger partial charge in [-0.3, -0.25) is 4.79 Å². The first-order valence-corrected chi connectivity index (χ1v) is 7.74. The molecule has 0 aliphatic carbocycles. The van der Waals surface area contributed by atoms with Crippen LogP contribution in [0.4, 0.5) is 5.69 Å². The first-order chi connectivity index (χ1) is 11.1. The number of nitrogens with one attached hydrogen (secondary N) is 1. The number of aromatic nitrogens is 5. The number of halogens is 1. The van der Waals surface area contributed by atoms with E-state index in [1.54, 1.807) is 6.20 Å². The molecular weight excluding hydrogens is 340 g/mol. The highest BCUT2D eigenvalue weighted by Gasteiger charge is 2.09. The molecule has 0 radical (unpaired) electrons. The van der Waals surface area contributed by atoms with E-state index in [0.717, 1.165) is 20.9 Å². The molecule has 0 unspecified atom stereocenters. The predicted octanol–water partition coefficient (Wildman–Crippen LogP) is 2.15. The van der Waals surface area contributed by atoms with E-state index in [4.69, 9.17) is 16.7 Å². The molecule has 0 amide bonds. The second-order valence-corrected chi connectivity index (χ2v) is 6.25. The van der Waals surface area contributed by atoms with Crippen LogP contribution in [0.2, 0.25) is 4.47 Å². The minimum Gasteiger partial charge on any atom is -0.480 e. The van der Waals surface area contributed by atoms with Crippen LogP contribution in [0, 0.1) is 0 Å². The first-order valence-electron chi connectivity index (χ1n) is 6.54. The number of rotatable bonds is 6. The van der Waals surface area contributed by atoms with Gasteiger partial charge in [-0.05, 0) is 17.3 Å². The third-order valence-electron chi connectivity index (χ3n) is 2.84. The van der Waals surface area contributed by atoms with Crippen LogP contribution < -0.4 is 5.32 Å². The Hall–Kier alpha value is -2.52. The fraction of sp³-hybridized carbons (Fsp3) is 0.154. The predicted molar refractivity (Wildman–Crippen MR) is 85.3 cm³/mol. The maximum Gasteiger partial charge on any atom is 0.327 e. The molecular formula is C13H11ClN6O2S. The standard InChI is InChI=1S/C13H11ClN6O2S/c14-13-16-6-10(23-13)5-15-9-3-1-2-8(4-9)12-17-19-20(18-12)7-11(21)22/h1-4,6,15H,5,7H2,(H,21,22). The highest BCUT2D eigenvalue weighted by atomic mass is 35.5. The number of carboxylic acids is 1. The molecule has 3 rings (SSSR count). The Labute approximate surface area is 139 Å². The minimum absolute atomic E-state index is 0.322. The van der Waals surface area contributed by atoms with E-state index in [2.05, 4.69) is 25.7 Å². The summed E-state index contributed by atoms with van der Waals surface area (Å²) in [5.41, 5.74) is 1.62. The van der Waals surface area contributed by atoms with Crippen molar-refractivity contribution in [1.82, 2.24) is 25.2 Å². The topological polar surface area (TPSA) is 106 Å². The van der Waals surface area contributed by atoms with Crippen molar-refractivity contribution in [3.63, 3.8) is 0 Å². The molecule has 1 aromatic carbocycles. The summed E-state index contributed by atoms with van der Waals surface area (Å²) in [7, 11) is 0. The van der Waals surface area contributed by atoms with Crippen molar-refractivity contribution in [2.24, 2.45) is 0 Å². The number of thiazole rings is 1. The Morgan fingerprint density at radius 2 is 2.30 bits per heavy atom. The molecule has 3 aromatic rings. The Morgan fingerprint density at radius 1 is 1.43 bits per heavy atom. The van der Waals surface area contributed by atoms with Gasteiger partial charge in [-0.25, -0.2) is 4.98 Å². The van der Waals surface area contributed by atoms with Gasteiger partial charge in [0.25, 0.3) is 0 Å². The van der Waals surface area contributed by atoms with Crippen LogP contribution in [0.5, 0.6) is 0 Å². The maximum absolute atomic E-state index is 10.6. The van der Waals surface area contributed by atoms with Gasteiger partial charge in [0.05, 0.1) is 6.54 Å². The van der Waals surface area contributed by atoms with Gasteiger partial charge >= 0.3 is 5.97 Å². The highest BCUT2D eigenvalue weighted by molar-refractivity contribution is 7.15. The zero-order valence-electron chi connectivity index (χ0n) is 11.7. The SMILES string of the molecule is O=C(O)Cn1nnc(-c2cccc(NCc3cnc(Cl)s3)c2)n1. The summed E-state index contributed by atoms with van der Waals surface area (Å²) in [6.07, 6.45) is 1.73. The lowest BCUT2D eigenvalue weighted by Gasteiger charge is -2.05. The summed E-state index contributed by atoms with van der Waals surface area (Å²) >= 11 is 7.21. The molecule has 0 atom stereocenters. The zero-order valence-corrected chi connectivity index (χ0v) is 13.3. The first kappa shape index (κ1) is 15.4. The van der Waals surface area contributed by atoms with E-state index in [9.17, 15) is 4.79 Å². The van der Waals surface area contributed by atoms with E-state index < -0.39 is 5.97 Å². The van der Waals surface area contributed by atoms with Gasteiger partial charge < -0.3 is 10.4 Å². The quantitative estimate of drug-likeness (QED) is 0.701. The smallest absolute Gasteiger partial charge is 0.327 e. The van der Waals surface area contributed by atoms with Crippen molar-refractivity contribution >= 4 is 34.6 Å². The number of benzene rings is 1.